The van der Waals surface area contributed by atoms with Crippen LogP contribution >= 0.6 is 11.8 Å². The predicted octanol–water partition coefficient (Wildman–Crippen LogP) is 2.15. The number of benzene rings is 2. The third-order valence-electron chi connectivity index (χ3n) is 3.27. The number of hydrogen-bond acceptors (Lipinski definition) is 4. The van der Waals surface area contributed by atoms with E-state index in [2.05, 4.69) is 4.72 Å². The summed E-state index contributed by atoms with van der Waals surface area (Å²) in [5.74, 6) is 0.668. The molecule has 0 bridgehead atoms. The van der Waals surface area contributed by atoms with E-state index >= 15 is 0 Å². The molecule has 0 aromatic heterocycles. The van der Waals surface area contributed by atoms with Crippen LogP contribution in [0.15, 0.2) is 47.4 Å². The van der Waals surface area contributed by atoms with E-state index in [0.29, 0.717) is 17.6 Å². The van der Waals surface area contributed by atoms with Crippen molar-refractivity contribution in [2.24, 2.45) is 0 Å². The van der Waals surface area contributed by atoms with Crippen molar-refractivity contribution in [1.29, 1.82) is 0 Å². The van der Waals surface area contributed by atoms with E-state index in [0.717, 1.165) is 5.39 Å². The van der Waals surface area contributed by atoms with Crippen molar-refractivity contribution in [3.63, 3.8) is 0 Å². The first kappa shape index (κ1) is 13.6. The first-order chi connectivity index (χ1) is 9.58. The first-order valence-corrected chi connectivity index (χ1v) is 8.71. The standard InChI is InChI=1S/C14H13NO3S2/c16-14-12(8-9-19-14)15-20(17,18)13-7-3-5-10-4-1-2-6-11(10)13/h1-7,12,15H,8-9H2. The third-order valence-corrected chi connectivity index (χ3v) is 5.81. The highest BCUT2D eigenvalue weighted by molar-refractivity contribution is 8.14. The molecule has 1 N–H and O–H groups in total. The lowest BCUT2D eigenvalue weighted by Crippen LogP contribution is -2.37. The molecule has 1 unspecified atom stereocenters. The van der Waals surface area contributed by atoms with Crippen LogP contribution in [-0.4, -0.2) is 25.3 Å². The second-order valence-corrected chi connectivity index (χ2v) is 7.39. The Bertz CT molecular complexity index is 766. The Kier molecular flexibility index (Phi) is 3.54. The van der Waals surface area contributed by atoms with Gasteiger partial charge in [0.05, 0.1) is 10.9 Å². The lowest BCUT2D eigenvalue weighted by atomic mass is 10.1. The molecular formula is C14H13NO3S2. The van der Waals surface area contributed by atoms with E-state index in [9.17, 15) is 13.2 Å². The van der Waals surface area contributed by atoms with E-state index in [1.54, 1.807) is 24.3 Å². The van der Waals surface area contributed by atoms with Crippen LogP contribution in [0.4, 0.5) is 0 Å². The molecule has 2 aromatic carbocycles. The zero-order valence-corrected chi connectivity index (χ0v) is 12.2. The van der Waals surface area contributed by atoms with Gasteiger partial charge in [-0.25, -0.2) is 8.42 Å². The summed E-state index contributed by atoms with van der Waals surface area (Å²) in [6, 6.07) is 11.8. The minimum absolute atomic E-state index is 0.103. The Morgan fingerprint density at radius 2 is 1.85 bits per heavy atom. The maximum Gasteiger partial charge on any atom is 0.241 e. The van der Waals surface area contributed by atoms with Crippen molar-refractivity contribution in [1.82, 2.24) is 4.72 Å². The lowest BCUT2D eigenvalue weighted by molar-refractivity contribution is -0.111. The number of nitrogens with one attached hydrogen (secondary N) is 1. The Morgan fingerprint density at radius 1 is 1.10 bits per heavy atom. The fourth-order valence-electron chi connectivity index (χ4n) is 2.28. The van der Waals surface area contributed by atoms with Crippen molar-refractivity contribution < 1.29 is 13.2 Å². The van der Waals surface area contributed by atoms with Gasteiger partial charge in [-0.2, -0.15) is 4.72 Å². The number of carbonyl (C=O) groups excluding carboxylic acids is 1. The van der Waals surface area contributed by atoms with Crippen LogP contribution < -0.4 is 4.72 Å². The molecule has 1 aliphatic heterocycles. The molecule has 0 radical (unpaired) electrons. The molecule has 6 heteroatoms. The highest BCUT2D eigenvalue weighted by Crippen LogP contribution is 2.25. The van der Waals surface area contributed by atoms with Crippen LogP contribution in [-0.2, 0) is 14.8 Å². The van der Waals surface area contributed by atoms with Gasteiger partial charge in [0.25, 0.3) is 0 Å². The molecule has 104 valence electrons. The SMILES string of the molecule is O=C1SCCC1NS(=O)(=O)c1cccc2ccccc12. The monoisotopic (exact) mass is 307 g/mol. The van der Waals surface area contributed by atoms with Crippen molar-refractivity contribution in [2.75, 3.05) is 5.75 Å². The molecule has 0 aliphatic carbocycles. The van der Waals surface area contributed by atoms with Gasteiger partial charge in [0.1, 0.15) is 0 Å². The van der Waals surface area contributed by atoms with Gasteiger partial charge >= 0.3 is 0 Å². The summed E-state index contributed by atoms with van der Waals surface area (Å²) in [4.78, 5) is 11.8. The van der Waals surface area contributed by atoms with Crippen molar-refractivity contribution in [2.45, 2.75) is 17.4 Å². The molecule has 0 spiro atoms. The highest BCUT2D eigenvalue weighted by Gasteiger charge is 2.30. The van der Waals surface area contributed by atoms with Crippen LogP contribution in [0.25, 0.3) is 10.8 Å². The maximum absolute atomic E-state index is 12.5. The van der Waals surface area contributed by atoms with E-state index < -0.39 is 16.1 Å². The van der Waals surface area contributed by atoms with Gasteiger partial charge in [0, 0.05) is 11.1 Å². The summed E-state index contributed by atoms with van der Waals surface area (Å²) in [5.41, 5.74) is 0. The largest absolute Gasteiger partial charge is 0.285 e. The molecule has 20 heavy (non-hydrogen) atoms. The second kappa shape index (κ2) is 5.20. The van der Waals surface area contributed by atoms with Crippen LogP contribution in [0.5, 0.6) is 0 Å². The van der Waals surface area contributed by atoms with Crippen LogP contribution in [0.1, 0.15) is 6.42 Å². The van der Waals surface area contributed by atoms with Crippen molar-refractivity contribution in [3.05, 3.63) is 42.5 Å². The average Bonchev–Trinajstić information content (AvgIpc) is 2.83. The van der Waals surface area contributed by atoms with Gasteiger partial charge in [-0.05, 0) is 17.9 Å². The minimum atomic E-state index is -3.69. The number of thioether (sulfide) groups is 1. The molecule has 1 atom stereocenters. The van der Waals surface area contributed by atoms with Crippen molar-refractivity contribution in [3.8, 4) is 0 Å². The molecule has 3 rings (SSSR count). The summed E-state index contributed by atoms with van der Waals surface area (Å²) < 4.78 is 27.5. The van der Waals surface area contributed by atoms with Crippen molar-refractivity contribution >= 4 is 37.7 Å². The molecular weight excluding hydrogens is 294 g/mol. The van der Waals surface area contributed by atoms with E-state index in [-0.39, 0.29) is 10.0 Å². The van der Waals surface area contributed by atoms with Gasteiger partial charge in [-0.3, -0.25) is 4.79 Å². The summed E-state index contributed by atoms with van der Waals surface area (Å²) in [6.45, 7) is 0. The summed E-state index contributed by atoms with van der Waals surface area (Å²) in [6.07, 6.45) is 0.549. The van der Waals surface area contributed by atoms with E-state index in [1.165, 1.54) is 11.8 Å². The Hall–Kier alpha value is -1.37. The van der Waals surface area contributed by atoms with Gasteiger partial charge in [-0.15, -0.1) is 0 Å². The zero-order chi connectivity index (χ0) is 14.2. The van der Waals surface area contributed by atoms with Gasteiger partial charge in [-0.1, -0.05) is 48.2 Å². The molecule has 1 heterocycles. The number of sulfonamides is 1. The number of rotatable bonds is 3. The molecule has 1 aliphatic rings. The van der Waals surface area contributed by atoms with Crippen LogP contribution in [0, 0.1) is 0 Å². The highest BCUT2D eigenvalue weighted by atomic mass is 32.2. The lowest BCUT2D eigenvalue weighted by Gasteiger charge is -2.12. The average molecular weight is 307 g/mol. The fourth-order valence-corrected chi connectivity index (χ4v) is 4.75. The number of carbonyl (C=O) groups is 1. The zero-order valence-electron chi connectivity index (χ0n) is 10.6. The molecule has 1 saturated heterocycles. The fraction of sp³-hybridized carbons (Fsp3) is 0.214. The number of hydrogen-bond donors (Lipinski definition) is 1. The second-order valence-electron chi connectivity index (χ2n) is 4.61. The molecule has 4 nitrogen and oxygen atoms in total. The summed E-state index contributed by atoms with van der Waals surface area (Å²) in [5, 5.41) is 1.43. The Balaban J connectivity index is 2.03. The minimum Gasteiger partial charge on any atom is -0.285 e. The van der Waals surface area contributed by atoms with Gasteiger partial charge in [0.2, 0.25) is 15.1 Å². The molecule has 0 amide bonds. The van der Waals surface area contributed by atoms with Gasteiger partial charge < -0.3 is 0 Å². The quantitative estimate of drug-likeness (QED) is 0.944. The van der Waals surface area contributed by atoms with Crippen LogP contribution in [0.3, 0.4) is 0 Å². The van der Waals surface area contributed by atoms with E-state index in [4.69, 9.17) is 0 Å². The normalized spacial score (nSPS) is 19.6. The smallest absolute Gasteiger partial charge is 0.241 e. The first-order valence-electron chi connectivity index (χ1n) is 6.25. The topological polar surface area (TPSA) is 63.2 Å². The molecule has 2 aromatic rings. The molecule has 1 fully saturated rings. The third kappa shape index (κ3) is 2.46. The summed E-state index contributed by atoms with van der Waals surface area (Å²) in [7, 11) is -3.69. The predicted molar refractivity (Wildman–Crippen MR) is 80.1 cm³/mol. The van der Waals surface area contributed by atoms with E-state index in [1.807, 2.05) is 18.2 Å². The number of fused-ring (bicyclic) bond motifs is 1. The molecule has 0 saturated carbocycles. The Morgan fingerprint density at radius 3 is 2.60 bits per heavy atom. The maximum atomic E-state index is 12.5. The Labute approximate surface area is 121 Å². The summed E-state index contributed by atoms with van der Waals surface area (Å²) >= 11 is 1.18. The van der Waals surface area contributed by atoms with Crippen LogP contribution in [0.2, 0.25) is 0 Å². The van der Waals surface area contributed by atoms with Gasteiger partial charge in [0.15, 0.2) is 0 Å².